The highest BCUT2D eigenvalue weighted by Gasteiger charge is 2.23. The Balaban J connectivity index is 2.35. The molecule has 0 aliphatic carbocycles. The fraction of sp³-hybridized carbons (Fsp3) is 0.308. The van der Waals surface area contributed by atoms with Crippen LogP contribution in [-0.4, -0.2) is 11.1 Å². The van der Waals surface area contributed by atoms with E-state index in [1.807, 2.05) is 12.1 Å². The summed E-state index contributed by atoms with van der Waals surface area (Å²) in [6.07, 6.45) is 1.25. The average Bonchev–Trinajstić information content (AvgIpc) is 2.59. The number of hydrogen-bond donors (Lipinski definition) is 0. The van der Waals surface area contributed by atoms with E-state index >= 15 is 0 Å². The molecule has 2 nitrogen and oxygen atoms in total. The number of para-hydroxylation sites is 1. The second-order valence-electron chi connectivity index (χ2n) is 4.17. The molecule has 15 heavy (non-hydrogen) atoms. The molecule has 0 N–H and O–H groups in total. The first-order chi connectivity index (χ1) is 7.25. The van der Waals surface area contributed by atoms with Gasteiger partial charge in [-0.05, 0) is 25.5 Å². The van der Waals surface area contributed by atoms with Gasteiger partial charge in [-0.2, -0.15) is 0 Å². The van der Waals surface area contributed by atoms with Gasteiger partial charge in [0.2, 0.25) is 5.88 Å². The van der Waals surface area contributed by atoms with Gasteiger partial charge >= 0.3 is 0 Å². The molecule has 2 heteroatoms. The Kier molecular flexibility index (Phi) is 1.72. The first-order valence-corrected chi connectivity index (χ1v) is 5.30. The molecule has 0 saturated heterocycles. The molecule has 76 valence electrons. The van der Waals surface area contributed by atoms with Crippen LogP contribution in [0.15, 0.2) is 24.3 Å². The Morgan fingerprint density at radius 2 is 2.13 bits per heavy atom. The molecule has 0 bridgehead atoms. The highest BCUT2D eigenvalue weighted by Crippen LogP contribution is 2.33. The van der Waals surface area contributed by atoms with Gasteiger partial charge in [-0.3, -0.25) is 0 Å². The first kappa shape index (κ1) is 8.72. The third-order valence-electron chi connectivity index (χ3n) is 3.05. The van der Waals surface area contributed by atoms with Crippen molar-refractivity contribution in [2.45, 2.75) is 26.4 Å². The molecule has 1 aromatic carbocycles. The van der Waals surface area contributed by atoms with Gasteiger partial charge in [-0.1, -0.05) is 18.2 Å². The zero-order chi connectivity index (χ0) is 10.4. The Hall–Kier alpha value is -1.57. The predicted octanol–water partition coefficient (Wildman–Crippen LogP) is 2.87. The lowest BCUT2D eigenvalue weighted by atomic mass is 10.0. The van der Waals surface area contributed by atoms with E-state index in [0.717, 1.165) is 17.8 Å². The van der Waals surface area contributed by atoms with E-state index in [1.165, 1.54) is 16.5 Å². The van der Waals surface area contributed by atoms with Crippen LogP contribution in [0.5, 0.6) is 5.88 Å². The lowest BCUT2D eigenvalue weighted by Crippen LogP contribution is -2.05. The van der Waals surface area contributed by atoms with Crippen molar-refractivity contribution in [1.82, 2.24) is 4.98 Å². The number of hydrogen-bond acceptors (Lipinski definition) is 2. The fourth-order valence-electron chi connectivity index (χ4n) is 2.25. The molecule has 0 amide bonds. The number of aromatic nitrogens is 1. The van der Waals surface area contributed by atoms with Gasteiger partial charge < -0.3 is 4.74 Å². The number of fused-ring (bicyclic) bond motifs is 2. The normalized spacial score (nSPS) is 18.9. The minimum absolute atomic E-state index is 0.267. The number of nitrogens with zero attached hydrogens (tertiary/aromatic N) is 1. The molecular weight excluding hydrogens is 186 g/mol. The summed E-state index contributed by atoms with van der Waals surface area (Å²) in [6.45, 7) is 4.25. The molecule has 0 saturated carbocycles. The molecule has 1 aliphatic heterocycles. The molecule has 0 radical (unpaired) electrons. The van der Waals surface area contributed by atoms with Crippen molar-refractivity contribution in [3.8, 4) is 5.88 Å². The van der Waals surface area contributed by atoms with Gasteiger partial charge in [-0.25, -0.2) is 4.98 Å². The van der Waals surface area contributed by atoms with Gasteiger partial charge in [0, 0.05) is 17.4 Å². The molecule has 1 aromatic heterocycles. The third kappa shape index (κ3) is 1.21. The van der Waals surface area contributed by atoms with E-state index in [-0.39, 0.29) is 6.10 Å². The maximum absolute atomic E-state index is 5.68. The first-order valence-electron chi connectivity index (χ1n) is 5.30. The Labute approximate surface area is 88.9 Å². The number of aryl methyl sites for hydroxylation is 1. The highest BCUT2D eigenvalue weighted by molar-refractivity contribution is 5.84. The molecule has 2 heterocycles. The van der Waals surface area contributed by atoms with E-state index in [4.69, 9.17) is 4.74 Å². The van der Waals surface area contributed by atoms with Crippen LogP contribution in [0.2, 0.25) is 0 Å². The van der Waals surface area contributed by atoms with E-state index in [0.29, 0.717) is 0 Å². The van der Waals surface area contributed by atoms with Crippen molar-refractivity contribution in [1.29, 1.82) is 0 Å². The van der Waals surface area contributed by atoms with Gasteiger partial charge in [0.25, 0.3) is 0 Å². The van der Waals surface area contributed by atoms with Crippen molar-refractivity contribution < 1.29 is 4.74 Å². The van der Waals surface area contributed by atoms with Crippen molar-refractivity contribution in [2.75, 3.05) is 0 Å². The van der Waals surface area contributed by atoms with Gasteiger partial charge in [-0.15, -0.1) is 0 Å². The van der Waals surface area contributed by atoms with E-state index < -0.39 is 0 Å². The standard InChI is InChI=1S/C13H13NO/c1-8-7-11-9(2)10-5-3-4-6-12(10)14-13(11)15-8/h3-6,8H,7H2,1-2H3/t8-/m0/s1. The summed E-state index contributed by atoms with van der Waals surface area (Å²) in [5.41, 5.74) is 3.63. The van der Waals surface area contributed by atoms with E-state index in [1.54, 1.807) is 0 Å². The van der Waals surface area contributed by atoms with Gasteiger partial charge in [0.05, 0.1) is 5.52 Å². The lowest BCUT2D eigenvalue weighted by molar-refractivity contribution is 0.247. The largest absolute Gasteiger partial charge is 0.474 e. The average molecular weight is 199 g/mol. The van der Waals surface area contributed by atoms with Crippen LogP contribution in [0.25, 0.3) is 10.9 Å². The van der Waals surface area contributed by atoms with Gasteiger partial charge in [0.1, 0.15) is 6.10 Å². The summed E-state index contributed by atoms with van der Waals surface area (Å²) in [5, 5.41) is 1.24. The molecule has 1 aliphatic rings. The monoisotopic (exact) mass is 199 g/mol. The highest BCUT2D eigenvalue weighted by atomic mass is 16.5. The number of benzene rings is 1. The van der Waals surface area contributed by atoms with Crippen LogP contribution in [0.3, 0.4) is 0 Å². The molecular formula is C13H13NO. The maximum atomic E-state index is 5.68. The van der Waals surface area contributed by atoms with Gasteiger partial charge in [0.15, 0.2) is 0 Å². The summed E-state index contributed by atoms with van der Waals surface area (Å²) in [6, 6.07) is 8.23. The summed E-state index contributed by atoms with van der Waals surface area (Å²) in [5.74, 6) is 0.832. The minimum atomic E-state index is 0.267. The fourth-order valence-corrected chi connectivity index (χ4v) is 2.25. The van der Waals surface area contributed by atoms with Crippen LogP contribution < -0.4 is 4.74 Å². The summed E-state index contributed by atoms with van der Waals surface area (Å²) < 4.78 is 5.68. The van der Waals surface area contributed by atoms with Crippen LogP contribution >= 0.6 is 0 Å². The molecule has 0 fully saturated rings. The smallest absolute Gasteiger partial charge is 0.217 e. The van der Waals surface area contributed by atoms with Crippen molar-refractivity contribution in [2.24, 2.45) is 0 Å². The quantitative estimate of drug-likeness (QED) is 0.651. The van der Waals surface area contributed by atoms with E-state index in [2.05, 4.69) is 31.0 Å². The van der Waals surface area contributed by atoms with Crippen LogP contribution in [0, 0.1) is 6.92 Å². The summed E-state index contributed by atoms with van der Waals surface area (Å²) >= 11 is 0. The zero-order valence-corrected chi connectivity index (χ0v) is 8.95. The van der Waals surface area contributed by atoms with E-state index in [9.17, 15) is 0 Å². The molecule has 0 unspecified atom stereocenters. The number of ether oxygens (including phenoxy) is 1. The predicted molar refractivity (Wildman–Crippen MR) is 60.3 cm³/mol. The minimum Gasteiger partial charge on any atom is -0.474 e. The number of rotatable bonds is 0. The van der Waals surface area contributed by atoms with Crippen molar-refractivity contribution >= 4 is 10.9 Å². The van der Waals surface area contributed by atoms with Crippen LogP contribution in [0.4, 0.5) is 0 Å². The third-order valence-corrected chi connectivity index (χ3v) is 3.05. The second kappa shape index (κ2) is 2.96. The molecule has 0 spiro atoms. The Morgan fingerprint density at radius 1 is 1.33 bits per heavy atom. The van der Waals surface area contributed by atoms with Crippen molar-refractivity contribution in [3.05, 3.63) is 35.4 Å². The topological polar surface area (TPSA) is 22.1 Å². The lowest BCUT2D eigenvalue weighted by Gasteiger charge is -2.06. The summed E-state index contributed by atoms with van der Waals surface area (Å²) in [7, 11) is 0. The maximum Gasteiger partial charge on any atom is 0.217 e. The molecule has 2 aromatic rings. The molecule has 3 rings (SSSR count). The zero-order valence-electron chi connectivity index (χ0n) is 8.95. The van der Waals surface area contributed by atoms with Crippen LogP contribution in [-0.2, 0) is 6.42 Å². The SMILES string of the molecule is Cc1c2c(nc3ccccc13)O[C@@H](C)C2. The molecule has 1 atom stereocenters. The van der Waals surface area contributed by atoms with Crippen LogP contribution in [0.1, 0.15) is 18.1 Å². The number of pyridine rings is 1. The Morgan fingerprint density at radius 3 is 3.00 bits per heavy atom. The van der Waals surface area contributed by atoms with Crippen molar-refractivity contribution in [3.63, 3.8) is 0 Å². The Bertz CT molecular complexity index is 533. The summed E-state index contributed by atoms with van der Waals surface area (Å²) in [4.78, 5) is 4.54. The second-order valence-corrected chi connectivity index (χ2v) is 4.17.